The van der Waals surface area contributed by atoms with Crippen LogP contribution in [-0.4, -0.2) is 39.5 Å². The molecule has 0 bridgehead atoms. The number of aromatic nitrogens is 1. The first-order valence-corrected chi connectivity index (χ1v) is 10.5. The molecule has 2 aromatic carbocycles. The number of aromatic carboxylic acids is 1. The maximum atomic E-state index is 12.9. The van der Waals surface area contributed by atoms with Crippen molar-refractivity contribution in [1.29, 1.82) is 0 Å². The first kappa shape index (κ1) is 21.4. The lowest BCUT2D eigenvalue weighted by atomic mass is 10.1. The average Bonchev–Trinajstić information content (AvgIpc) is 3.40. The Kier molecular flexibility index (Phi) is 6.27. The fraction of sp³-hybridized carbons (Fsp3) is 0.227. The molecule has 1 aliphatic heterocycles. The van der Waals surface area contributed by atoms with Gasteiger partial charge in [0, 0.05) is 5.02 Å². The van der Waals surface area contributed by atoms with Crippen LogP contribution in [0.25, 0.3) is 11.5 Å². The monoisotopic (exact) mass is 459 g/mol. The van der Waals surface area contributed by atoms with Gasteiger partial charge in [0.25, 0.3) is 0 Å². The smallest absolute Gasteiger partial charge is 0.337 e. The molecule has 31 heavy (non-hydrogen) atoms. The van der Waals surface area contributed by atoms with Crippen LogP contribution in [0.5, 0.6) is 0 Å². The number of likely N-dealkylation sites (tertiary alicyclic amines) is 1. The minimum Gasteiger partial charge on any atom is -0.478 e. The van der Waals surface area contributed by atoms with Crippen LogP contribution >= 0.6 is 23.2 Å². The summed E-state index contributed by atoms with van der Waals surface area (Å²) in [7, 11) is 0. The number of nitrogens with one attached hydrogen (secondary N) is 1. The summed E-state index contributed by atoms with van der Waals surface area (Å²) in [5, 5.41) is 13.1. The Balaban J connectivity index is 1.47. The van der Waals surface area contributed by atoms with E-state index in [-0.39, 0.29) is 17.2 Å². The van der Waals surface area contributed by atoms with Gasteiger partial charge in [-0.05, 0) is 49.7 Å². The van der Waals surface area contributed by atoms with E-state index in [0.717, 1.165) is 6.42 Å². The zero-order valence-corrected chi connectivity index (χ0v) is 17.9. The van der Waals surface area contributed by atoms with Crippen LogP contribution in [0.2, 0.25) is 10.0 Å². The molecule has 1 amide bonds. The molecule has 1 atom stereocenters. The summed E-state index contributed by atoms with van der Waals surface area (Å²) >= 11 is 12.3. The van der Waals surface area contributed by atoms with Gasteiger partial charge in [-0.2, -0.15) is 0 Å². The van der Waals surface area contributed by atoms with Crippen molar-refractivity contribution in [2.75, 3.05) is 11.9 Å². The van der Waals surface area contributed by atoms with E-state index in [0.29, 0.717) is 46.8 Å². The number of hydrogen-bond donors (Lipinski definition) is 2. The van der Waals surface area contributed by atoms with Gasteiger partial charge in [-0.25, -0.2) is 9.78 Å². The van der Waals surface area contributed by atoms with E-state index in [4.69, 9.17) is 27.6 Å². The number of para-hydroxylation sites is 1. The SMILES string of the molecule is O=C(O)c1ccccc1NC(=O)[C@@H]1CCCN1Cc1cnc(-c2cc(Cl)ccc2Cl)o1. The lowest BCUT2D eigenvalue weighted by molar-refractivity contribution is -0.120. The van der Waals surface area contributed by atoms with Gasteiger partial charge in [0.1, 0.15) is 5.76 Å². The summed E-state index contributed by atoms with van der Waals surface area (Å²) in [6, 6.07) is 11.0. The second-order valence-electron chi connectivity index (χ2n) is 7.22. The highest BCUT2D eigenvalue weighted by Crippen LogP contribution is 2.31. The number of carboxylic acids is 1. The number of nitrogens with zero attached hydrogens (tertiary/aromatic N) is 2. The van der Waals surface area contributed by atoms with Crippen molar-refractivity contribution in [1.82, 2.24) is 9.88 Å². The third-order valence-electron chi connectivity index (χ3n) is 5.15. The van der Waals surface area contributed by atoms with E-state index in [2.05, 4.69) is 10.3 Å². The van der Waals surface area contributed by atoms with Crippen LogP contribution in [-0.2, 0) is 11.3 Å². The maximum absolute atomic E-state index is 12.9. The second-order valence-corrected chi connectivity index (χ2v) is 8.07. The van der Waals surface area contributed by atoms with E-state index >= 15 is 0 Å². The van der Waals surface area contributed by atoms with Crippen LogP contribution in [0.4, 0.5) is 5.69 Å². The fourth-order valence-electron chi connectivity index (χ4n) is 3.67. The third-order valence-corrected chi connectivity index (χ3v) is 5.72. The van der Waals surface area contributed by atoms with Crippen LogP contribution in [0.15, 0.2) is 53.1 Å². The lowest BCUT2D eigenvalue weighted by Crippen LogP contribution is -2.39. The zero-order valence-electron chi connectivity index (χ0n) is 16.3. The molecule has 160 valence electrons. The van der Waals surface area contributed by atoms with Crippen molar-refractivity contribution in [3.8, 4) is 11.5 Å². The standard InChI is InChI=1S/C22H19Cl2N3O4/c23-13-7-8-17(24)16(10-13)21-25-11-14(31-21)12-27-9-3-6-19(27)20(28)26-18-5-2-1-4-15(18)22(29)30/h1-2,4-5,7-8,10-11,19H,3,6,9,12H2,(H,26,28)(H,29,30)/t19-/m0/s1. The van der Waals surface area contributed by atoms with Crippen LogP contribution in [0.1, 0.15) is 29.0 Å². The Morgan fingerprint density at radius 2 is 2.03 bits per heavy atom. The number of carboxylic acid groups (broad SMARTS) is 1. The van der Waals surface area contributed by atoms with E-state index < -0.39 is 12.0 Å². The van der Waals surface area contributed by atoms with Gasteiger partial charge in [-0.3, -0.25) is 9.69 Å². The van der Waals surface area contributed by atoms with Crippen LogP contribution in [0, 0.1) is 0 Å². The minimum absolute atomic E-state index is 0.0543. The predicted octanol–water partition coefficient (Wildman–Crippen LogP) is 4.95. The lowest BCUT2D eigenvalue weighted by Gasteiger charge is -2.22. The molecular weight excluding hydrogens is 441 g/mol. The van der Waals surface area contributed by atoms with Gasteiger partial charge in [0.05, 0.1) is 40.6 Å². The van der Waals surface area contributed by atoms with E-state index in [9.17, 15) is 14.7 Å². The number of hydrogen-bond acceptors (Lipinski definition) is 5. The topological polar surface area (TPSA) is 95.7 Å². The molecule has 0 aliphatic carbocycles. The molecular formula is C22H19Cl2N3O4. The molecule has 0 spiro atoms. The summed E-state index contributed by atoms with van der Waals surface area (Å²) in [5.41, 5.74) is 0.935. The first-order valence-electron chi connectivity index (χ1n) is 9.70. The average molecular weight is 460 g/mol. The number of halogens is 2. The van der Waals surface area contributed by atoms with Gasteiger partial charge in [0.2, 0.25) is 11.8 Å². The molecule has 1 aliphatic rings. The summed E-state index contributed by atoms with van der Waals surface area (Å²) in [4.78, 5) is 30.6. The molecule has 1 saturated heterocycles. The van der Waals surface area contributed by atoms with Gasteiger partial charge < -0.3 is 14.8 Å². The highest BCUT2D eigenvalue weighted by molar-refractivity contribution is 6.35. The van der Waals surface area contributed by atoms with Gasteiger partial charge in [-0.1, -0.05) is 35.3 Å². The van der Waals surface area contributed by atoms with Crippen molar-refractivity contribution in [3.63, 3.8) is 0 Å². The molecule has 0 saturated carbocycles. The maximum Gasteiger partial charge on any atom is 0.337 e. The quantitative estimate of drug-likeness (QED) is 0.541. The Hall–Kier alpha value is -2.87. The molecule has 0 radical (unpaired) electrons. The Morgan fingerprint density at radius 3 is 2.84 bits per heavy atom. The number of carbonyl (C=O) groups is 2. The summed E-state index contributed by atoms with van der Waals surface area (Å²) in [6.07, 6.45) is 3.13. The molecule has 1 aromatic heterocycles. The van der Waals surface area contributed by atoms with Gasteiger partial charge in [-0.15, -0.1) is 0 Å². The first-order chi connectivity index (χ1) is 14.9. The molecule has 2 N–H and O–H groups in total. The highest BCUT2D eigenvalue weighted by atomic mass is 35.5. The largest absolute Gasteiger partial charge is 0.478 e. The molecule has 2 heterocycles. The number of amides is 1. The Labute approximate surface area is 188 Å². The predicted molar refractivity (Wildman–Crippen MR) is 117 cm³/mol. The van der Waals surface area contributed by atoms with Crippen molar-refractivity contribution in [3.05, 3.63) is 70.0 Å². The second kappa shape index (κ2) is 9.09. The van der Waals surface area contributed by atoms with Crippen LogP contribution in [0.3, 0.4) is 0 Å². The van der Waals surface area contributed by atoms with Crippen molar-refractivity contribution in [2.24, 2.45) is 0 Å². The number of oxazole rings is 1. The van der Waals surface area contributed by atoms with E-state index in [1.807, 2.05) is 4.90 Å². The third kappa shape index (κ3) is 4.74. The highest BCUT2D eigenvalue weighted by Gasteiger charge is 2.32. The summed E-state index contributed by atoms with van der Waals surface area (Å²) < 4.78 is 5.86. The molecule has 3 aromatic rings. The number of rotatable bonds is 6. The normalized spacial score (nSPS) is 16.4. The van der Waals surface area contributed by atoms with Gasteiger partial charge in [0.15, 0.2) is 0 Å². The van der Waals surface area contributed by atoms with Gasteiger partial charge >= 0.3 is 5.97 Å². The number of anilines is 1. The fourth-order valence-corrected chi connectivity index (χ4v) is 4.04. The van der Waals surface area contributed by atoms with Crippen molar-refractivity contribution < 1.29 is 19.1 Å². The van der Waals surface area contributed by atoms with E-state index in [1.165, 1.54) is 6.07 Å². The number of carbonyl (C=O) groups excluding carboxylic acids is 1. The summed E-state index contributed by atoms with van der Waals surface area (Å²) in [6.45, 7) is 1.11. The molecule has 0 unspecified atom stereocenters. The molecule has 4 rings (SSSR count). The number of benzene rings is 2. The minimum atomic E-state index is -1.09. The van der Waals surface area contributed by atoms with Crippen molar-refractivity contribution in [2.45, 2.75) is 25.4 Å². The zero-order chi connectivity index (χ0) is 22.0. The Morgan fingerprint density at radius 1 is 1.23 bits per heavy atom. The van der Waals surface area contributed by atoms with Crippen molar-refractivity contribution >= 4 is 40.8 Å². The molecule has 9 heteroatoms. The van der Waals surface area contributed by atoms with E-state index in [1.54, 1.807) is 42.6 Å². The van der Waals surface area contributed by atoms with Crippen LogP contribution < -0.4 is 5.32 Å². The summed E-state index contributed by atoms with van der Waals surface area (Å²) in [5.74, 6) is -0.383. The Bertz CT molecular complexity index is 1130. The molecule has 1 fully saturated rings. The molecule has 7 nitrogen and oxygen atoms in total.